The molecule has 0 radical (unpaired) electrons. The third-order valence-electron chi connectivity index (χ3n) is 5.00. The van der Waals surface area contributed by atoms with E-state index in [0.29, 0.717) is 28.6 Å². The fraction of sp³-hybridized carbons (Fsp3) is 0.182. The van der Waals surface area contributed by atoms with Gasteiger partial charge in [-0.15, -0.1) is 0 Å². The zero-order valence-corrected chi connectivity index (χ0v) is 16.4. The maximum Gasteiger partial charge on any atom is 0.256 e. The molecule has 0 aliphatic rings. The lowest BCUT2D eigenvalue weighted by Gasteiger charge is -2.19. The number of aromatic amines is 1. The molecule has 0 aliphatic heterocycles. The number of fused-ring (bicyclic) bond motifs is 1. The Balaban J connectivity index is 1.70. The first-order valence-electron chi connectivity index (χ1n) is 9.07. The average Bonchev–Trinajstić information content (AvgIpc) is 3.26. The van der Waals surface area contributed by atoms with Gasteiger partial charge in [-0.05, 0) is 37.1 Å². The molecule has 0 bridgehead atoms. The summed E-state index contributed by atoms with van der Waals surface area (Å²) < 4.78 is 5.12. The molecule has 0 saturated heterocycles. The van der Waals surface area contributed by atoms with Crippen molar-refractivity contribution in [3.63, 3.8) is 0 Å². The highest BCUT2D eigenvalue weighted by Crippen LogP contribution is 2.34. The summed E-state index contributed by atoms with van der Waals surface area (Å²) in [5.74, 6) is 0.207. The van der Waals surface area contributed by atoms with Crippen LogP contribution >= 0.6 is 11.6 Å². The lowest BCUT2D eigenvalue weighted by atomic mass is 9.90. The van der Waals surface area contributed by atoms with Gasteiger partial charge in [0.15, 0.2) is 0 Å². The maximum atomic E-state index is 12.7. The summed E-state index contributed by atoms with van der Waals surface area (Å²) in [6, 6.07) is 15.8. The van der Waals surface area contributed by atoms with Crippen LogP contribution in [-0.2, 0) is 0 Å². The topological polar surface area (TPSA) is 70.9 Å². The maximum absolute atomic E-state index is 12.7. The molecule has 1 atom stereocenters. The Hall–Kier alpha value is -3.05. The first-order chi connectivity index (χ1) is 13.6. The zero-order valence-electron chi connectivity index (χ0n) is 15.6. The van der Waals surface area contributed by atoms with Crippen LogP contribution in [0.15, 0.2) is 59.3 Å². The number of H-pyrrole nitrogens is 1. The van der Waals surface area contributed by atoms with E-state index >= 15 is 0 Å². The van der Waals surface area contributed by atoms with E-state index in [1.54, 1.807) is 13.8 Å². The standard InChI is InChI=1S/C22H20ClN3O2/c1-13-21(14(2)28-26-13)22(27)25-12-17(15-7-3-5-9-19(15)23)18-11-24-20-10-6-4-8-16(18)20/h3-11,17,24H,12H2,1-2H3,(H,25,27). The van der Waals surface area contributed by atoms with Crippen LogP contribution in [0.25, 0.3) is 10.9 Å². The summed E-state index contributed by atoms with van der Waals surface area (Å²) >= 11 is 6.50. The SMILES string of the molecule is Cc1noc(C)c1C(=O)NCC(c1ccccc1Cl)c1c[nH]c2ccccc12. The van der Waals surface area contributed by atoms with Gasteiger partial charge in [-0.3, -0.25) is 4.79 Å². The van der Waals surface area contributed by atoms with Gasteiger partial charge < -0.3 is 14.8 Å². The average molecular weight is 394 g/mol. The second kappa shape index (κ2) is 7.52. The number of nitrogens with one attached hydrogen (secondary N) is 2. The van der Waals surface area contributed by atoms with Crippen molar-refractivity contribution >= 4 is 28.4 Å². The summed E-state index contributed by atoms with van der Waals surface area (Å²) in [7, 11) is 0. The molecule has 2 aromatic carbocycles. The normalized spacial score (nSPS) is 12.2. The van der Waals surface area contributed by atoms with Gasteiger partial charge in [0.05, 0.1) is 5.69 Å². The van der Waals surface area contributed by atoms with Crippen molar-refractivity contribution in [2.45, 2.75) is 19.8 Å². The minimum Gasteiger partial charge on any atom is -0.361 e. The number of hydrogen-bond donors (Lipinski definition) is 2. The number of hydrogen-bond acceptors (Lipinski definition) is 3. The number of rotatable bonds is 5. The van der Waals surface area contributed by atoms with Crippen molar-refractivity contribution in [3.8, 4) is 0 Å². The molecular formula is C22H20ClN3O2. The summed E-state index contributed by atoms with van der Waals surface area (Å²) in [4.78, 5) is 16.1. The Kier molecular flexibility index (Phi) is 4.92. The van der Waals surface area contributed by atoms with Crippen molar-refractivity contribution in [1.29, 1.82) is 0 Å². The highest BCUT2D eigenvalue weighted by Gasteiger charge is 2.23. The van der Waals surface area contributed by atoms with Crippen molar-refractivity contribution in [1.82, 2.24) is 15.5 Å². The molecule has 2 N–H and O–H groups in total. The van der Waals surface area contributed by atoms with Gasteiger partial charge >= 0.3 is 0 Å². The molecule has 1 unspecified atom stereocenters. The highest BCUT2D eigenvalue weighted by atomic mass is 35.5. The van der Waals surface area contributed by atoms with E-state index in [-0.39, 0.29) is 11.8 Å². The number of nitrogens with zero attached hydrogens (tertiary/aromatic N) is 1. The van der Waals surface area contributed by atoms with Crippen LogP contribution in [0.4, 0.5) is 0 Å². The van der Waals surface area contributed by atoms with E-state index in [9.17, 15) is 4.79 Å². The predicted molar refractivity (Wildman–Crippen MR) is 110 cm³/mol. The number of para-hydroxylation sites is 1. The van der Waals surface area contributed by atoms with E-state index in [1.165, 1.54) is 0 Å². The monoisotopic (exact) mass is 393 g/mol. The summed E-state index contributed by atoms with van der Waals surface area (Å²) in [6.45, 7) is 3.89. The van der Waals surface area contributed by atoms with Gasteiger partial charge in [-0.1, -0.05) is 53.2 Å². The Labute approximate surface area is 167 Å². The second-order valence-corrected chi connectivity index (χ2v) is 7.18. The molecule has 5 nitrogen and oxygen atoms in total. The lowest BCUT2D eigenvalue weighted by molar-refractivity contribution is 0.0950. The number of halogens is 1. The van der Waals surface area contributed by atoms with Crippen molar-refractivity contribution in [2.75, 3.05) is 6.54 Å². The molecule has 0 fully saturated rings. The third-order valence-corrected chi connectivity index (χ3v) is 5.35. The largest absolute Gasteiger partial charge is 0.361 e. The molecule has 0 aliphatic carbocycles. The van der Waals surface area contributed by atoms with E-state index < -0.39 is 0 Å². The minimum atomic E-state index is -0.201. The lowest BCUT2D eigenvalue weighted by Crippen LogP contribution is -2.29. The fourth-order valence-electron chi connectivity index (χ4n) is 3.62. The smallest absolute Gasteiger partial charge is 0.256 e. The number of carbonyl (C=O) groups is 1. The van der Waals surface area contributed by atoms with Gasteiger partial charge in [-0.2, -0.15) is 0 Å². The Morgan fingerprint density at radius 3 is 2.64 bits per heavy atom. The number of aryl methyl sites for hydroxylation is 2. The van der Waals surface area contributed by atoms with Crippen LogP contribution in [-0.4, -0.2) is 22.6 Å². The minimum absolute atomic E-state index is 0.103. The summed E-state index contributed by atoms with van der Waals surface area (Å²) in [5, 5.41) is 8.68. The predicted octanol–water partition coefficient (Wildman–Crippen LogP) is 4.99. The third kappa shape index (κ3) is 3.29. The van der Waals surface area contributed by atoms with E-state index in [0.717, 1.165) is 22.0 Å². The Morgan fingerprint density at radius 1 is 1.14 bits per heavy atom. The molecule has 4 aromatic rings. The van der Waals surface area contributed by atoms with Gasteiger partial charge in [0.2, 0.25) is 0 Å². The van der Waals surface area contributed by atoms with Crippen LogP contribution in [0.1, 0.15) is 38.9 Å². The molecule has 2 aromatic heterocycles. The number of aromatic nitrogens is 2. The quantitative estimate of drug-likeness (QED) is 0.502. The molecule has 1 amide bonds. The molecular weight excluding hydrogens is 374 g/mol. The number of amides is 1. The first kappa shape index (κ1) is 18.3. The van der Waals surface area contributed by atoms with Gasteiger partial charge in [0.25, 0.3) is 5.91 Å². The number of benzene rings is 2. The molecule has 0 saturated carbocycles. The Morgan fingerprint density at radius 2 is 1.89 bits per heavy atom. The van der Waals surface area contributed by atoms with Crippen LogP contribution < -0.4 is 5.32 Å². The number of carbonyl (C=O) groups excluding carboxylic acids is 1. The van der Waals surface area contributed by atoms with E-state index in [2.05, 4.69) is 21.5 Å². The van der Waals surface area contributed by atoms with Crippen molar-refractivity contribution in [2.24, 2.45) is 0 Å². The van der Waals surface area contributed by atoms with Gasteiger partial charge in [0.1, 0.15) is 11.3 Å². The molecule has 28 heavy (non-hydrogen) atoms. The van der Waals surface area contributed by atoms with Gasteiger partial charge in [-0.25, -0.2) is 0 Å². The Bertz CT molecular complexity index is 1130. The summed E-state index contributed by atoms with van der Waals surface area (Å²) in [5.41, 5.74) is 4.16. The van der Waals surface area contributed by atoms with E-state index in [4.69, 9.17) is 16.1 Å². The van der Waals surface area contributed by atoms with Crippen molar-refractivity contribution < 1.29 is 9.32 Å². The summed E-state index contributed by atoms with van der Waals surface area (Å²) in [6.07, 6.45) is 1.99. The first-order valence-corrected chi connectivity index (χ1v) is 9.45. The molecule has 6 heteroatoms. The second-order valence-electron chi connectivity index (χ2n) is 6.77. The molecule has 0 spiro atoms. The van der Waals surface area contributed by atoms with Crippen LogP contribution in [0.5, 0.6) is 0 Å². The fourth-order valence-corrected chi connectivity index (χ4v) is 3.89. The van der Waals surface area contributed by atoms with Crippen LogP contribution in [0, 0.1) is 13.8 Å². The molecule has 2 heterocycles. The van der Waals surface area contributed by atoms with Crippen LogP contribution in [0.3, 0.4) is 0 Å². The van der Waals surface area contributed by atoms with Crippen LogP contribution in [0.2, 0.25) is 5.02 Å². The molecule has 4 rings (SSSR count). The highest BCUT2D eigenvalue weighted by molar-refractivity contribution is 6.31. The van der Waals surface area contributed by atoms with Gasteiger partial charge in [0, 0.05) is 34.6 Å². The van der Waals surface area contributed by atoms with E-state index in [1.807, 2.05) is 48.7 Å². The zero-order chi connectivity index (χ0) is 19.7. The van der Waals surface area contributed by atoms with Crippen molar-refractivity contribution in [3.05, 3.63) is 87.9 Å². The molecule has 142 valence electrons.